The van der Waals surface area contributed by atoms with Crippen molar-refractivity contribution in [3.8, 4) is 17.5 Å². The number of hydrogen-bond donors (Lipinski definition) is 1. The predicted molar refractivity (Wildman–Crippen MR) is 75.6 cm³/mol. The van der Waals surface area contributed by atoms with Gasteiger partial charge in [-0.05, 0) is 30.7 Å². The summed E-state index contributed by atoms with van der Waals surface area (Å²) in [6, 6.07) is 8.84. The summed E-state index contributed by atoms with van der Waals surface area (Å²) < 4.78 is 1.13. The summed E-state index contributed by atoms with van der Waals surface area (Å²) >= 11 is 0. The van der Waals surface area contributed by atoms with Gasteiger partial charge in [0.1, 0.15) is 17.7 Å². The van der Waals surface area contributed by atoms with Crippen molar-refractivity contribution in [2.24, 2.45) is 0 Å². The maximum absolute atomic E-state index is 12.3. The van der Waals surface area contributed by atoms with E-state index in [2.05, 4.69) is 4.98 Å². The van der Waals surface area contributed by atoms with Crippen molar-refractivity contribution < 1.29 is 9.90 Å². The first-order valence-corrected chi connectivity index (χ1v) is 6.40. The molecule has 0 spiro atoms. The number of nitriles is 1. The number of aromatic nitrogens is 2. The lowest BCUT2D eigenvalue weighted by molar-refractivity contribution is -0.141. The van der Waals surface area contributed by atoms with Crippen LogP contribution < -0.4 is 5.56 Å². The second kappa shape index (κ2) is 6.01. The summed E-state index contributed by atoms with van der Waals surface area (Å²) in [6.07, 6.45) is 1.79. The highest BCUT2D eigenvalue weighted by molar-refractivity contribution is 5.73. The Kier molecular flexibility index (Phi) is 4.14. The lowest BCUT2D eigenvalue weighted by Gasteiger charge is -2.18. The van der Waals surface area contributed by atoms with Crippen molar-refractivity contribution in [3.05, 3.63) is 52.4 Å². The minimum atomic E-state index is -1.12. The van der Waals surface area contributed by atoms with Crippen LogP contribution in [0.25, 0.3) is 11.4 Å². The highest BCUT2D eigenvalue weighted by atomic mass is 16.4. The maximum Gasteiger partial charge on any atom is 0.326 e. The van der Waals surface area contributed by atoms with E-state index in [0.29, 0.717) is 11.4 Å². The average molecular weight is 283 g/mol. The second-order valence-electron chi connectivity index (χ2n) is 4.40. The number of carboxylic acid groups (broad SMARTS) is 1. The number of hydrogen-bond acceptors (Lipinski definition) is 4. The second-order valence-corrected chi connectivity index (χ2v) is 4.40. The summed E-state index contributed by atoms with van der Waals surface area (Å²) in [5, 5.41) is 18.3. The molecular formula is C15H13N3O3. The molecule has 0 bridgehead atoms. The van der Waals surface area contributed by atoms with E-state index in [-0.39, 0.29) is 12.0 Å². The Labute approximate surface area is 120 Å². The first-order chi connectivity index (χ1) is 10.1. The van der Waals surface area contributed by atoms with Gasteiger partial charge in [0.05, 0.1) is 11.4 Å². The third-order valence-electron chi connectivity index (χ3n) is 3.15. The van der Waals surface area contributed by atoms with E-state index in [9.17, 15) is 14.7 Å². The molecule has 21 heavy (non-hydrogen) atoms. The molecule has 1 unspecified atom stereocenters. The van der Waals surface area contributed by atoms with Crippen LogP contribution in [-0.2, 0) is 4.79 Å². The van der Waals surface area contributed by atoms with Crippen LogP contribution in [0.15, 0.2) is 41.3 Å². The smallest absolute Gasteiger partial charge is 0.326 e. The van der Waals surface area contributed by atoms with Gasteiger partial charge in [0.15, 0.2) is 0 Å². The van der Waals surface area contributed by atoms with Gasteiger partial charge >= 0.3 is 5.97 Å². The van der Waals surface area contributed by atoms with Gasteiger partial charge in [0.25, 0.3) is 5.56 Å². The van der Waals surface area contributed by atoms with E-state index in [0.717, 1.165) is 4.57 Å². The van der Waals surface area contributed by atoms with Crippen molar-refractivity contribution in [1.29, 1.82) is 5.26 Å². The molecule has 0 aliphatic rings. The SMILES string of the molecule is CCC(C(=O)O)n1c(-c2ccccn2)ccc(C#N)c1=O. The average Bonchev–Trinajstić information content (AvgIpc) is 2.50. The molecule has 0 fully saturated rings. The molecule has 2 aromatic heterocycles. The molecule has 2 rings (SSSR count). The first kappa shape index (κ1) is 14.5. The molecule has 0 amide bonds. The quantitative estimate of drug-likeness (QED) is 0.923. The minimum Gasteiger partial charge on any atom is -0.480 e. The topological polar surface area (TPSA) is 96.0 Å². The molecule has 0 aliphatic carbocycles. The lowest BCUT2D eigenvalue weighted by Crippen LogP contribution is -2.32. The predicted octanol–water partition coefficient (Wildman–Crippen LogP) is 1.82. The highest BCUT2D eigenvalue weighted by Crippen LogP contribution is 2.21. The number of rotatable bonds is 4. The Morgan fingerprint density at radius 2 is 2.19 bits per heavy atom. The molecule has 1 atom stereocenters. The molecule has 0 saturated heterocycles. The van der Waals surface area contributed by atoms with E-state index in [1.807, 2.05) is 0 Å². The lowest BCUT2D eigenvalue weighted by atomic mass is 10.1. The van der Waals surface area contributed by atoms with Crippen LogP contribution in [-0.4, -0.2) is 20.6 Å². The molecule has 2 heterocycles. The zero-order chi connectivity index (χ0) is 15.4. The Morgan fingerprint density at radius 1 is 1.43 bits per heavy atom. The van der Waals surface area contributed by atoms with Gasteiger partial charge in [0.2, 0.25) is 0 Å². The van der Waals surface area contributed by atoms with E-state index < -0.39 is 17.6 Å². The third kappa shape index (κ3) is 2.67. The fourth-order valence-corrected chi connectivity index (χ4v) is 2.14. The van der Waals surface area contributed by atoms with Crippen molar-refractivity contribution in [3.63, 3.8) is 0 Å². The van der Waals surface area contributed by atoms with Gasteiger partial charge in [-0.3, -0.25) is 14.3 Å². The molecule has 0 aliphatic heterocycles. The number of nitrogens with zero attached hydrogens (tertiary/aromatic N) is 3. The van der Waals surface area contributed by atoms with Gasteiger partial charge in [-0.15, -0.1) is 0 Å². The van der Waals surface area contributed by atoms with E-state index in [1.165, 1.54) is 6.07 Å². The monoisotopic (exact) mass is 283 g/mol. The molecule has 0 saturated carbocycles. The number of carboxylic acids is 1. The summed E-state index contributed by atoms with van der Waals surface area (Å²) in [7, 11) is 0. The van der Waals surface area contributed by atoms with Crippen molar-refractivity contribution in [2.45, 2.75) is 19.4 Å². The maximum atomic E-state index is 12.3. The summed E-state index contributed by atoms with van der Waals surface area (Å²) in [5.74, 6) is -1.12. The largest absolute Gasteiger partial charge is 0.480 e. The molecule has 0 aromatic carbocycles. The molecular weight excluding hydrogens is 270 g/mol. The fourth-order valence-electron chi connectivity index (χ4n) is 2.14. The van der Waals surface area contributed by atoms with Gasteiger partial charge in [-0.1, -0.05) is 13.0 Å². The van der Waals surface area contributed by atoms with Gasteiger partial charge in [-0.2, -0.15) is 5.26 Å². The van der Waals surface area contributed by atoms with Crippen LogP contribution in [0.3, 0.4) is 0 Å². The normalized spacial score (nSPS) is 11.6. The molecule has 106 valence electrons. The molecule has 6 nitrogen and oxygen atoms in total. The molecule has 1 N–H and O–H groups in total. The van der Waals surface area contributed by atoms with Gasteiger partial charge < -0.3 is 5.11 Å². The van der Waals surface area contributed by atoms with E-state index in [4.69, 9.17) is 5.26 Å². The Balaban J connectivity index is 2.78. The zero-order valence-electron chi connectivity index (χ0n) is 11.4. The third-order valence-corrected chi connectivity index (χ3v) is 3.15. The molecule has 6 heteroatoms. The van der Waals surface area contributed by atoms with Crippen LogP contribution in [0.1, 0.15) is 24.9 Å². The summed E-state index contributed by atoms with van der Waals surface area (Å²) in [5.41, 5.74) is 0.164. The molecule has 0 radical (unpaired) electrons. The zero-order valence-corrected chi connectivity index (χ0v) is 11.4. The van der Waals surface area contributed by atoms with Crippen LogP contribution in [0, 0.1) is 11.3 Å². The van der Waals surface area contributed by atoms with Crippen LogP contribution in [0.2, 0.25) is 0 Å². The van der Waals surface area contributed by atoms with Crippen LogP contribution >= 0.6 is 0 Å². The first-order valence-electron chi connectivity index (χ1n) is 6.40. The molecule has 2 aromatic rings. The van der Waals surface area contributed by atoms with E-state index in [1.54, 1.807) is 43.5 Å². The highest BCUT2D eigenvalue weighted by Gasteiger charge is 2.23. The number of pyridine rings is 2. The summed E-state index contributed by atoms with van der Waals surface area (Å²) in [6.45, 7) is 1.67. The Morgan fingerprint density at radius 3 is 2.71 bits per heavy atom. The van der Waals surface area contributed by atoms with Gasteiger partial charge in [0, 0.05) is 6.20 Å². The fraction of sp³-hybridized carbons (Fsp3) is 0.200. The van der Waals surface area contributed by atoms with E-state index >= 15 is 0 Å². The minimum absolute atomic E-state index is 0.0885. The standard InChI is InChI=1S/C15H13N3O3/c1-2-12(15(20)21)18-13(11-5-3-4-8-17-11)7-6-10(9-16)14(18)19/h3-8,12H,2H2,1H3,(H,20,21). The van der Waals surface area contributed by atoms with Crippen LogP contribution in [0.4, 0.5) is 0 Å². The van der Waals surface area contributed by atoms with Crippen LogP contribution in [0.5, 0.6) is 0 Å². The van der Waals surface area contributed by atoms with Crippen molar-refractivity contribution >= 4 is 5.97 Å². The number of aliphatic carboxylic acids is 1. The Bertz CT molecular complexity index is 760. The summed E-state index contributed by atoms with van der Waals surface area (Å²) in [4.78, 5) is 27.9. The Hall–Kier alpha value is -2.94. The van der Waals surface area contributed by atoms with Gasteiger partial charge in [-0.25, -0.2) is 4.79 Å². The van der Waals surface area contributed by atoms with Crippen molar-refractivity contribution in [2.75, 3.05) is 0 Å². The van der Waals surface area contributed by atoms with Crippen molar-refractivity contribution in [1.82, 2.24) is 9.55 Å². The number of carbonyl (C=O) groups is 1.